The number of fused-ring (bicyclic) bond motifs is 17. The van der Waals surface area contributed by atoms with Gasteiger partial charge >= 0.3 is 5.97 Å². The van der Waals surface area contributed by atoms with Gasteiger partial charge in [0.2, 0.25) is 17.1 Å². The van der Waals surface area contributed by atoms with Crippen molar-refractivity contribution in [3.05, 3.63) is 79.5 Å². The Kier molecular flexibility index (Phi) is 14.9. The number of phenols is 1. The third-order valence-electron chi connectivity index (χ3n) is 12.7. The molecule has 7 rings (SSSR count). The Labute approximate surface area is 375 Å². The molecule has 17 nitrogen and oxygen atoms in total. The lowest BCUT2D eigenvalue weighted by Gasteiger charge is -2.38. The Bertz CT molecular complexity index is 2720. The van der Waals surface area contributed by atoms with Gasteiger partial charge < -0.3 is 59.1 Å². The van der Waals surface area contributed by atoms with Crippen LogP contribution < -0.4 is 31.0 Å². The number of hydrogen-bond acceptors (Lipinski definition) is 16. The summed E-state index contributed by atoms with van der Waals surface area (Å²) in [5.41, 5.74) is -1.77. The van der Waals surface area contributed by atoms with Crippen molar-refractivity contribution in [2.24, 2.45) is 23.7 Å². The third kappa shape index (κ3) is 9.83. The van der Waals surface area contributed by atoms with Crippen molar-refractivity contribution in [3.63, 3.8) is 0 Å². The van der Waals surface area contributed by atoms with Crippen LogP contribution in [0.2, 0.25) is 0 Å². The number of methoxy groups -OCH3 is 1. The molecule has 3 aliphatic heterocycles. The summed E-state index contributed by atoms with van der Waals surface area (Å²) in [5.74, 6) is -4.48. The zero-order valence-electron chi connectivity index (χ0n) is 38.0. The maximum absolute atomic E-state index is 14.7. The summed E-state index contributed by atoms with van der Waals surface area (Å²) < 4.78 is 30.0. The fourth-order valence-corrected chi connectivity index (χ4v) is 8.77. The monoisotopic (exact) mass is 901 g/mol. The Balaban J connectivity index is 1.57. The van der Waals surface area contributed by atoms with Crippen LogP contribution in [-0.2, 0) is 23.8 Å². The number of rotatable bonds is 3. The second-order valence-corrected chi connectivity index (χ2v) is 17.2. The zero-order chi connectivity index (χ0) is 47.6. The van der Waals surface area contributed by atoms with Crippen LogP contribution >= 0.6 is 0 Å². The summed E-state index contributed by atoms with van der Waals surface area (Å²) in [6.45, 7) is 13.6. The van der Waals surface area contributed by atoms with Crippen molar-refractivity contribution >= 4 is 62.5 Å². The second-order valence-electron chi connectivity index (χ2n) is 17.2. The van der Waals surface area contributed by atoms with Gasteiger partial charge in [0, 0.05) is 92.1 Å². The molecule has 0 unspecified atom stereocenters. The summed E-state index contributed by atoms with van der Waals surface area (Å²) in [6, 6.07) is 2.98. The normalized spacial score (nSPS) is 28.9. The van der Waals surface area contributed by atoms with E-state index in [0.717, 1.165) is 0 Å². The van der Waals surface area contributed by atoms with Crippen molar-refractivity contribution in [2.45, 2.75) is 105 Å². The molecule has 0 aliphatic carbocycles. The SMILES string of the molecule is CO[C@H]1/C=C/O[C@@H](C)Oc2c(C)c(O)c3c(=O)c(c4oc5cc(N6CCC(O)CC6)cc(=O)c5nc4c3c2=CO)NC(=O)/C(C)=C\C=C\[C@H](C)[C@H](O)[C@@H](C)[C@@H](O)[C@@H](C)[C@H](OC(C)=O)[C@@H]1C. The molecule has 65 heavy (non-hydrogen) atoms. The number of amides is 1. The maximum atomic E-state index is 14.7. The molecule has 1 aromatic heterocycles. The van der Waals surface area contributed by atoms with E-state index in [1.807, 2.05) is 4.90 Å². The van der Waals surface area contributed by atoms with Gasteiger partial charge in [-0.05, 0) is 32.8 Å². The van der Waals surface area contributed by atoms with Gasteiger partial charge in [0.05, 0.1) is 47.5 Å². The molecule has 3 aliphatic rings. The van der Waals surface area contributed by atoms with Crippen LogP contribution in [0.15, 0.2) is 62.3 Å². The zero-order valence-corrected chi connectivity index (χ0v) is 38.0. The van der Waals surface area contributed by atoms with Gasteiger partial charge in [0.15, 0.2) is 16.7 Å². The highest BCUT2D eigenvalue weighted by atomic mass is 16.7. The van der Waals surface area contributed by atoms with Crippen LogP contribution in [0, 0.1) is 30.6 Å². The quantitative estimate of drug-likeness (QED) is 0.0921. The van der Waals surface area contributed by atoms with E-state index in [4.69, 9.17) is 28.3 Å². The number of anilines is 2. The fraction of sp³-hybridized carbons (Fsp3) is 0.479. The standard InChI is InChI=1S/C48H59N3O14/c1-22-11-10-12-23(2)48(60)50-40-44(59)37-36(39-47(40)65-35-20-30(19-33(55)38(35)49-39)51-16-13-31(54)14-17-51)32(21-52)46(27(6)43(37)58)64-29(8)62-18-15-34(61-9)24(3)45(63-28(7)53)26(5)42(57)25(4)41(22)56/h10-12,15,18-22,24-26,29,31,34,41-42,45,52,54,56-58H,13-14,16-17H2,1-9H3,(H,50,60)/b11-10+,18-15+,23-12-,32-21?/t22-,24+,25+,26+,29+,34-,41-,42+,45+/m0/s1. The average Bonchev–Trinajstić information content (AvgIpc) is 3.27. The van der Waals surface area contributed by atoms with Crippen LogP contribution in [0.5, 0.6) is 11.5 Å². The van der Waals surface area contributed by atoms with Gasteiger partial charge in [-0.1, -0.05) is 45.9 Å². The van der Waals surface area contributed by atoms with Crippen LogP contribution in [-0.4, -0.2) is 99.4 Å². The summed E-state index contributed by atoms with van der Waals surface area (Å²) in [7, 11) is 1.46. The van der Waals surface area contributed by atoms with E-state index in [9.17, 15) is 44.7 Å². The van der Waals surface area contributed by atoms with Crippen LogP contribution in [0.25, 0.3) is 39.2 Å². The Hall–Kier alpha value is -6.01. The highest BCUT2D eigenvalue weighted by Gasteiger charge is 2.39. The summed E-state index contributed by atoms with van der Waals surface area (Å²) in [6.07, 6.45) is 3.78. The number of hydrogen-bond donors (Lipinski definition) is 6. The molecule has 9 atom stereocenters. The minimum absolute atomic E-state index is 0.0141. The number of esters is 1. The molecule has 1 fully saturated rings. The minimum atomic E-state index is -1.14. The molecular formula is C48H59N3O14. The lowest BCUT2D eigenvalue weighted by Crippen LogP contribution is -2.46. The van der Waals surface area contributed by atoms with Crippen LogP contribution in [0.3, 0.4) is 0 Å². The molecular weight excluding hydrogens is 843 g/mol. The molecule has 1 amide bonds. The smallest absolute Gasteiger partial charge is 0.302 e. The lowest BCUT2D eigenvalue weighted by molar-refractivity contribution is -0.160. The van der Waals surface area contributed by atoms with Crippen LogP contribution in [0.4, 0.5) is 11.4 Å². The summed E-state index contributed by atoms with van der Waals surface area (Å²) in [4.78, 5) is 61.4. The maximum Gasteiger partial charge on any atom is 0.302 e. The van der Waals surface area contributed by atoms with E-state index in [1.165, 1.54) is 53.2 Å². The topological polar surface area (TPSA) is 248 Å². The van der Waals surface area contributed by atoms with Gasteiger partial charge in [-0.3, -0.25) is 19.2 Å². The molecule has 0 saturated carbocycles. The summed E-state index contributed by atoms with van der Waals surface area (Å²) >= 11 is 0. The molecule has 17 heteroatoms. The molecule has 4 aromatic rings. The third-order valence-corrected chi connectivity index (χ3v) is 12.7. The molecule has 6 N–H and O–H groups in total. The number of aromatic hydroxyl groups is 1. The van der Waals surface area contributed by atoms with Crippen molar-refractivity contribution in [1.82, 2.24) is 4.98 Å². The van der Waals surface area contributed by atoms with Gasteiger partial charge in [-0.2, -0.15) is 0 Å². The molecule has 4 heterocycles. The minimum Gasteiger partial charge on any atom is -0.515 e. The Morgan fingerprint density at radius 2 is 1.63 bits per heavy atom. The number of nitrogens with zero attached hydrogens (tertiary/aromatic N) is 2. The van der Waals surface area contributed by atoms with Gasteiger partial charge in [0.25, 0.3) is 5.91 Å². The first-order chi connectivity index (χ1) is 30.8. The lowest BCUT2D eigenvalue weighted by atomic mass is 9.78. The fourth-order valence-electron chi connectivity index (χ4n) is 8.77. The van der Waals surface area contributed by atoms with Crippen molar-refractivity contribution in [3.8, 4) is 11.5 Å². The number of piperidine rings is 1. The number of nitrogens with one attached hydrogen (secondary N) is 1. The highest BCUT2D eigenvalue weighted by Crippen LogP contribution is 2.38. The van der Waals surface area contributed by atoms with E-state index in [1.54, 1.807) is 52.0 Å². The molecule has 4 bridgehead atoms. The molecule has 350 valence electrons. The summed E-state index contributed by atoms with van der Waals surface area (Å²) in [5, 5.41) is 57.8. The van der Waals surface area contributed by atoms with E-state index in [-0.39, 0.29) is 55.1 Å². The number of ether oxygens (including phenoxy) is 4. The number of aliphatic hydroxyl groups is 4. The van der Waals surface area contributed by atoms with E-state index in [0.29, 0.717) is 37.9 Å². The first-order valence-corrected chi connectivity index (χ1v) is 21.7. The molecule has 0 radical (unpaired) electrons. The largest absolute Gasteiger partial charge is 0.515 e. The van der Waals surface area contributed by atoms with E-state index >= 15 is 0 Å². The number of phenolic OH excluding ortho intramolecular Hbond substituents is 1. The van der Waals surface area contributed by atoms with Gasteiger partial charge in [-0.15, -0.1) is 0 Å². The number of carbonyl (C=O) groups excluding carboxylic acids is 2. The number of carbonyl (C=O) groups is 2. The Morgan fingerprint density at radius 3 is 2.28 bits per heavy atom. The first-order valence-electron chi connectivity index (χ1n) is 21.7. The molecule has 3 aromatic carbocycles. The van der Waals surface area contributed by atoms with Gasteiger partial charge in [0.1, 0.15) is 28.8 Å². The highest BCUT2D eigenvalue weighted by molar-refractivity contribution is 6.16. The predicted molar refractivity (Wildman–Crippen MR) is 245 cm³/mol. The average molecular weight is 902 g/mol. The molecule has 1 saturated heterocycles. The number of aliphatic hydroxyl groups excluding tert-OH is 4. The molecule has 0 spiro atoms. The number of allylic oxidation sites excluding steroid dienone is 2. The van der Waals surface area contributed by atoms with Gasteiger partial charge in [-0.25, -0.2) is 4.98 Å². The first kappa shape index (κ1) is 48.4. The second kappa shape index (κ2) is 20.0. The Morgan fingerprint density at radius 1 is 0.938 bits per heavy atom. The van der Waals surface area contributed by atoms with E-state index in [2.05, 4.69) is 5.32 Å². The number of benzene rings is 3. The van der Waals surface area contributed by atoms with Crippen molar-refractivity contribution in [2.75, 3.05) is 30.4 Å². The van der Waals surface area contributed by atoms with Crippen LogP contribution in [0.1, 0.15) is 66.9 Å². The number of aromatic nitrogens is 1. The van der Waals surface area contributed by atoms with Crippen molar-refractivity contribution < 1.29 is 58.5 Å². The predicted octanol–water partition coefficient (Wildman–Crippen LogP) is 4.77. The van der Waals surface area contributed by atoms with Crippen molar-refractivity contribution in [1.29, 1.82) is 0 Å². The van der Waals surface area contributed by atoms with E-state index < -0.39 is 94.7 Å².